The van der Waals surface area contributed by atoms with Crippen molar-refractivity contribution in [2.24, 2.45) is 11.7 Å². The number of rotatable bonds is 5. The zero-order valence-electron chi connectivity index (χ0n) is 13.1. The maximum absolute atomic E-state index is 6.09. The van der Waals surface area contributed by atoms with E-state index in [0.29, 0.717) is 12.6 Å². The zero-order chi connectivity index (χ0) is 15.2. The van der Waals surface area contributed by atoms with Crippen molar-refractivity contribution < 1.29 is 4.74 Å². The highest BCUT2D eigenvalue weighted by Gasteiger charge is 2.23. The Balaban J connectivity index is 2.13. The number of nitrogens with zero attached hydrogens (tertiary/aromatic N) is 1. The minimum absolute atomic E-state index is 0.308. The lowest BCUT2D eigenvalue weighted by molar-refractivity contribution is 0.206. The largest absolute Gasteiger partial charge is 0.496 e. The summed E-state index contributed by atoms with van der Waals surface area (Å²) in [6, 6.07) is 6.62. The molecule has 4 heteroatoms. The van der Waals surface area contributed by atoms with E-state index in [-0.39, 0.29) is 0 Å². The molecule has 0 spiro atoms. The average molecular weight is 355 g/mol. The fourth-order valence-electron chi connectivity index (χ4n) is 3.29. The van der Waals surface area contributed by atoms with E-state index in [1.54, 1.807) is 7.11 Å². The minimum Gasteiger partial charge on any atom is -0.496 e. The van der Waals surface area contributed by atoms with Gasteiger partial charge in [-0.3, -0.25) is 4.90 Å². The Kier molecular flexibility index (Phi) is 6.52. The van der Waals surface area contributed by atoms with E-state index in [4.69, 9.17) is 10.5 Å². The number of hydrogen-bond acceptors (Lipinski definition) is 3. The molecule has 0 amide bonds. The van der Waals surface area contributed by atoms with Gasteiger partial charge in [0.25, 0.3) is 0 Å². The van der Waals surface area contributed by atoms with Crippen molar-refractivity contribution in [2.75, 3.05) is 26.7 Å². The zero-order valence-corrected chi connectivity index (χ0v) is 14.7. The van der Waals surface area contributed by atoms with Gasteiger partial charge in [-0.05, 0) is 71.9 Å². The van der Waals surface area contributed by atoms with Gasteiger partial charge >= 0.3 is 0 Å². The second-order valence-electron chi connectivity index (χ2n) is 5.89. The van der Waals surface area contributed by atoms with Gasteiger partial charge in [0.05, 0.1) is 11.6 Å². The van der Waals surface area contributed by atoms with Crippen LogP contribution in [-0.4, -0.2) is 31.6 Å². The van der Waals surface area contributed by atoms with Crippen LogP contribution in [0.4, 0.5) is 0 Å². The van der Waals surface area contributed by atoms with Crippen molar-refractivity contribution in [3.63, 3.8) is 0 Å². The maximum Gasteiger partial charge on any atom is 0.133 e. The van der Waals surface area contributed by atoms with Gasteiger partial charge in [-0.25, -0.2) is 0 Å². The minimum atomic E-state index is 0.308. The summed E-state index contributed by atoms with van der Waals surface area (Å²) in [6.07, 6.45) is 5.24. The molecule has 1 fully saturated rings. The topological polar surface area (TPSA) is 38.5 Å². The number of halogens is 1. The quantitative estimate of drug-likeness (QED) is 0.869. The Labute approximate surface area is 137 Å². The lowest BCUT2D eigenvalue weighted by Gasteiger charge is -2.30. The van der Waals surface area contributed by atoms with Crippen molar-refractivity contribution >= 4 is 15.9 Å². The number of hydrogen-bond donors (Lipinski definition) is 1. The molecule has 0 radical (unpaired) electrons. The third-order valence-electron chi connectivity index (χ3n) is 4.68. The number of likely N-dealkylation sites (tertiary alicyclic amines) is 1. The first kappa shape index (κ1) is 16.8. The van der Waals surface area contributed by atoms with Crippen LogP contribution < -0.4 is 10.5 Å². The first-order valence-corrected chi connectivity index (χ1v) is 8.76. The molecule has 1 aromatic rings. The van der Waals surface area contributed by atoms with Gasteiger partial charge in [-0.1, -0.05) is 19.4 Å². The van der Waals surface area contributed by atoms with Crippen LogP contribution in [0.2, 0.25) is 0 Å². The third kappa shape index (κ3) is 4.21. The molecule has 1 aromatic carbocycles. The van der Waals surface area contributed by atoms with E-state index in [1.807, 2.05) is 6.07 Å². The second-order valence-corrected chi connectivity index (χ2v) is 6.74. The highest BCUT2D eigenvalue weighted by Crippen LogP contribution is 2.31. The molecule has 1 saturated heterocycles. The van der Waals surface area contributed by atoms with Crippen LogP contribution in [0.3, 0.4) is 0 Å². The number of nitrogens with two attached hydrogens (primary N) is 1. The predicted octanol–water partition coefficient (Wildman–Crippen LogP) is 3.97. The van der Waals surface area contributed by atoms with Crippen LogP contribution in [0.15, 0.2) is 22.7 Å². The van der Waals surface area contributed by atoms with Gasteiger partial charge in [0, 0.05) is 12.6 Å². The van der Waals surface area contributed by atoms with Crippen molar-refractivity contribution in [3.8, 4) is 5.75 Å². The summed E-state index contributed by atoms with van der Waals surface area (Å²) in [5, 5.41) is 0. The monoisotopic (exact) mass is 354 g/mol. The Morgan fingerprint density at radius 2 is 2.19 bits per heavy atom. The lowest BCUT2D eigenvalue weighted by atomic mass is 9.98. The summed E-state index contributed by atoms with van der Waals surface area (Å²) in [5.41, 5.74) is 7.36. The molecule has 21 heavy (non-hydrogen) atoms. The summed E-state index contributed by atoms with van der Waals surface area (Å²) in [7, 11) is 1.69. The molecule has 1 aliphatic heterocycles. The van der Waals surface area contributed by atoms with Crippen molar-refractivity contribution in [1.29, 1.82) is 0 Å². The van der Waals surface area contributed by atoms with Gasteiger partial charge in [-0.15, -0.1) is 0 Å². The lowest BCUT2D eigenvalue weighted by Crippen LogP contribution is -2.34. The summed E-state index contributed by atoms with van der Waals surface area (Å²) in [6.45, 7) is 5.28. The van der Waals surface area contributed by atoms with Gasteiger partial charge in [-0.2, -0.15) is 0 Å². The van der Waals surface area contributed by atoms with Crippen LogP contribution in [0.25, 0.3) is 0 Å². The van der Waals surface area contributed by atoms with Crippen molar-refractivity contribution in [2.45, 2.75) is 38.6 Å². The molecule has 3 nitrogen and oxygen atoms in total. The van der Waals surface area contributed by atoms with Crippen molar-refractivity contribution in [3.05, 3.63) is 28.2 Å². The smallest absolute Gasteiger partial charge is 0.133 e. The third-order valence-corrected chi connectivity index (χ3v) is 5.30. The number of ether oxygens (including phenoxy) is 1. The van der Waals surface area contributed by atoms with Crippen LogP contribution in [0.1, 0.15) is 44.2 Å². The molecule has 1 aliphatic rings. The first-order chi connectivity index (χ1) is 10.2. The molecule has 0 saturated carbocycles. The predicted molar refractivity (Wildman–Crippen MR) is 91.7 cm³/mol. The average Bonchev–Trinajstić information content (AvgIpc) is 2.74. The highest BCUT2D eigenvalue weighted by atomic mass is 79.9. The Bertz CT molecular complexity index is 452. The molecule has 1 heterocycles. The van der Waals surface area contributed by atoms with Crippen LogP contribution in [-0.2, 0) is 0 Å². The van der Waals surface area contributed by atoms with Crippen LogP contribution >= 0.6 is 15.9 Å². The Hall–Kier alpha value is -0.580. The number of methoxy groups -OCH3 is 1. The van der Waals surface area contributed by atoms with E-state index in [0.717, 1.165) is 29.2 Å². The Morgan fingerprint density at radius 1 is 1.38 bits per heavy atom. The van der Waals surface area contributed by atoms with Crippen LogP contribution in [0, 0.1) is 5.92 Å². The summed E-state index contributed by atoms with van der Waals surface area (Å²) in [5.74, 6) is 1.76. The van der Waals surface area contributed by atoms with E-state index in [2.05, 4.69) is 39.9 Å². The molecule has 2 rings (SSSR count). The molecule has 2 atom stereocenters. The van der Waals surface area contributed by atoms with Crippen LogP contribution in [0.5, 0.6) is 5.75 Å². The first-order valence-electron chi connectivity index (χ1n) is 7.97. The van der Waals surface area contributed by atoms with E-state index in [1.165, 1.54) is 31.2 Å². The fourth-order valence-corrected chi connectivity index (χ4v) is 3.85. The van der Waals surface area contributed by atoms with Gasteiger partial charge in [0.2, 0.25) is 0 Å². The molecule has 0 aromatic heterocycles. The van der Waals surface area contributed by atoms with Gasteiger partial charge in [0.1, 0.15) is 5.75 Å². The molecular formula is C17H27BrN2O. The number of benzene rings is 1. The molecule has 2 N–H and O–H groups in total. The molecular weight excluding hydrogens is 328 g/mol. The Morgan fingerprint density at radius 3 is 2.81 bits per heavy atom. The van der Waals surface area contributed by atoms with E-state index in [9.17, 15) is 0 Å². The van der Waals surface area contributed by atoms with Gasteiger partial charge in [0.15, 0.2) is 0 Å². The summed E-state index contributed by atoms with van der Waals surface area (Å²) in [4.78, 5) is 2.56. The maximum atomic E-state index is 6.09. The standard InChI is InChI=1S/C17H27BrN2O/c1-3-13-5-4-9-20(10-8-13)16(12-19)14-6-7-17(21-2)15(18)11-14/h6-7,11,13,16H,3-5,8-10,12,19H2,1-2H3. The summed E-state index contributed by atoms with van der Waals surface area (Å²) >= 11 is 3.58. The highest BCUT2D eigenvalue weighted by molar-refractivity contribution is 9.10. The molecule has 0 aliphatic carbocycles. The molecule has 2 unspecified atom stereocenters. The second kappa shape index (κ2) is 8.16. The van der Waals surface area contributed by atoms with E-state index >= 15 is 0 Å². The van der Waals surface area contributed by atoms with Crippen molar-refractivity contribution in [1.82, 2.24) is 4.90 Å². The SMILES string of the molecule is CCC1CCCN(C(CN)c2ccc(OC)c(Br)c2)CC1. The normalized spacial score (nSPS) is 21.8. The summed E-state index contributed by atoms with van der Waals surface area (Å²) < 4.78 is 6.32. The molecule has 0 bridgehead atoms. The fraction of sp³-hybridized carbons (Fsp3) is 0.647. The van der Waals surface area contributed by atoms with E-state index < -0.39 is 0 Å². The van der Waals surface area contributed by atoms with Gasteiger partial charge < -0.3 is 10.5 Å². The molecule has 118 valence electrons.